The van der Waals surface area contributed by atoms with E-state index in [1.54, 1.807) is 0 Å². The molecule has 1 fully saturated rings. The van der Waals surface area contributed by atoms with Crippen molar-refractivity contribution in [2.45, 2.75) is 71.5 Å². The molecule has 2 aromatic carbocycles. The lowest BCUT2D eigenvalue weighted by Gasteiger charge is -2.38. The summed E-state index contributed by atoms with van der Waals surface area (Å²) < 4.78 is 5.73. The van der Waals surface area contributed by atoms with E-state index in [-0.39, 0.29) is 6.10 Å². The number of benzene rings is 2. The minimum absolute atomic E-state index is 0.242. The third kappa shape index (κ3) is 7.67. The summed E-state index contributed by atoms with van der Waals surface area (Å²) in [4.78, 5) is 7.02. The first-order chi connectivity index (χ1) is 15.0. The van der Waals surface area contributed by atoms with Gasteiger partial charge in [0.05, 0.1) is 12.7 Å². The Morgan fingerprint density at radius 3 is 2.55 bits per heavy atom. The maximum absolute atomic E-state index is 5.73. The van der Waals surface area contributed by atoms with Crippen molar-refractivity contribution in [3.05, 3.63) is 71.3 Å². The zero-order valence-electron chi connectivity index (χ0n) is 19.5. The van der Waals surface area contributed by atoms with Crippen LogP contribution in [0.1, 0.15) is 50.3 Å². The normalized spacial score (nSPS) is 20.1. The summed E-state index contributed by atoms with van der Waals surface area (Å²) in [5.74, 6) is 0.873. The van der Waals surface area contributed by atoms with E-state index < -0.39 is 0 Å². The fourth-order valence-electron chi connectivity index (χ4n) is 4.07. The molecule has 1 saturated heterocycles. The van der Waals surface area contributed by atoms with Crippen LogP contribution in [-0.2, 0) is 24.4 Å². The maximum Gasteiger partial charge on any atom is 0.191 e. The van der Waals surface area contributed by atoms with E-state index in [0.29, 0.717) is 18.7 Å². The summed E-state index contributed by atoms with van der Waals surface area (Å²) in [7, 11) is 1.84. The zero-order chi connectivity index (χ0) is 22.1. The first-order valence-corrected chi connectivity index (χ1v) is 11.5. The Morgan fingerprint density at radius 1 is 1.10 bits per heavy atom. The molecule has 0 spiro atoms. The topological polar surface area (TPSA) is 48.9 Å². The monoisotopic (exact) mass is 422 g/mol. The molecule has 1 aliphatic heterocycles. The lowest BCUT2D eigenvalue weighted by atomic mass is 9.97. The van der Waals surface area contributed by atoms with Crippen LogP contribution in [0, 0.1) is 0 Å². The van der Waals surface area contributed by atoms with E-state index in [0.717, 1.165) is 38.4 Å². The first-order valence-electron chi connectivity index (χ1n) is 11.5. The molecule has 2 atom stereocenters. The second kappa shape index (κ2) is 11.9. The highest BCUT2D eigenvalue weighted by molar-refractivity contribution is 5.79. The second-order valence-electron chi connectivity index (χ2n) is 8.78. The number of rotatable bonds is 8. The van der Waals surface area contributed by atoms with Crippen LogP contribution in [0.15, 0.2) is 59.6 Å². The quantitative estimate of drug-likeness (QED) is 0.491. The van der Waals surface area contributed by atoms with Crippen LogP contribution < -0.4 is 10.6 Å². The molecule has 0 amide bonds. The van der Waals surface area contributed by atoms with Crippen LogP contribution in [0.4, 0.5) is 0 Å². The van der Waals surface area contributed by atoms with Crippen LogP contribution >= 0.6 is 0 Å². The van der Waals surface area contributed by atoms with Gasteiger partial charge in [-0.25, -0.2) is 0 Å². The molecule has 0 aromatic heterocycles. The molecule has 2 N–H and O–H groups in total. The van der Waals surface area contributed by atoms with Gasteiger partial charge in [-0.15, -0.1) is 0 Å². The van der Waals surface area contributed by atoms with Gasteiger partial charge in [-0.05, 0) is 50.3 Å². The van der Waals surface area contributed by atoms with Gasteiger partial charge in [-0.3, -0.25) is 9.89 Å². The third-order valence-electron chi connectivity index (χ3n) is 5.84. The van der Waals surface area contributed by atoms with E-state index in [9.17, 15) is 0 Å². The molecular weight excluding hydrogens is 384 g/mol. The summed E-state index contributed by atoms with van der Waals surface area (Å²) in [6, 6.07) is 20.3. The number of aliphatic imine (C=N–C) groups is 1. The summed E-state index contributed by atoms with van der Waals surface area (Å²) in [6.07, 6.45) is 2.49. The van der Waals surface area contributed by atoms with Crippen LogP contribution in [0.5, 0.6) is 0 Å². The molecule has 1 heterocycles. The molecule has 0 radical (unpaired) electrons. The predicted octanol–water partition coefficient (Wildman–Crippen LogP) is 4.33. The van der Waals surface area contributed by atoms with E-state index >= 15 is 0 Å². The lowest BCUT2D eigenvalue weighted by molar-refractivity contribution is 0.0657. The molecule has 3 rings (SSSR count). The van der Waals surface area contributed by atoms with Crippen LogP contribution in [0.2, 0.25) is 0 Å². The fourth-order valence-corrected chi connectivity index (χ4v) is 4.07. The molecular formula is C26H38N4O. The molecule has 0 aliphatic carbocycles. The first kappa shape index (κ1) is 23.3. The standard InChI is InChI=1S/C26H38N4O/c1-20(2)31-19-24-12-8-11-23(16-24)17-28-26(27-4)29-25-13-14-30(21(3)15-25)18-22-9-6-5-7-10-22/h5-12,16,20-21,25H,13-15,17-19H2,1-4H3,(H2,27,28,29). The van der Waals surface area contributed by atoms with Gasteiger partial charge in [0.15, 0.2) is 5.96 Å². The SMILES string of the molecule is CN=C(NCc1cccc(COC(C)C)c1)NC1CCN(Cc2ccccc2)C(C)C1. The van der Waals surface area contributed by atoms with Gasteiger partial charge in [-0.1, -0.05) is 54.6 Å². The Morgan fingerprint density at radius 2 is 1.84 bits per heavy atom. The minimum atomic E-state index is 0.242. The molecule has 5 nitrogen and oxygen atoms in total. The number of piperidine rings is 1. The van der Waals surface area contributed by atoms with Gasteiger partial charge in [0.1, 0.15) is 0 Å². The van der Waals surface area contributed by atoms with Crippen molar-refractivity contribution >= 4 is 5.96 Å². The van der Waals surface area contributed by atoms with Crippen molar-refractivity contribution in [2.24, 2.45) is 4.99 Å². The summed E-state index contributed by atoms with van der Waals surface area (Å²) in [5, 5.41) is 7.11. The number of guanidine groups is 1. The molecule has 31 heavy (non-hydrogen) atoms. The number of likely N-dealkylation sites (tertiary alicyclic amines) is 1. The van der Waals surface area contributed by atoms with Gasteiger partial charge in [0.2, 0.25) is 0 Å². The Balaban J connectivity index is 1.46. The van der Waals surface area contributed by atoms with Crippen LogP contribution in [-0.4, -0.2) is 42.6 Å². The Hall–Kier alpha value is -2.37. The smallest absolute Gasteiger partial charge is 0.191 e. The molecule has 0 bridgehead atoms. The van der Waals surface area contributed by atoms with Gasteiger partial charge in [0.25, 0.3) is 0 Å². The second-order valence-corrected chi connectivity index (χ2v) is 8.78. The number of nitrogens with one attached hydrogen (secondary N) is 2. The van der Waals surface area contributed by atoms with Gasteiger partial charge in [-0.2, -0.15) is 0 Å². The highest BCUT2D eigenvalue weighted by Gasteiger charge is 2.25. The largest absolute Gasteiger partial charge is 0.374 e. The number of ether oxygens (including phenoxy) is 1. The van der Waals surface area contributed by atoms with Gasteiger partial charge in [0, 0.05) is 38.8 Å². The van der Waals surface area contributed by atoms with Gasteiger partial charge >= 0.3 is 0 Å². The average molecular weight is 423 g/mol. The number of hydrogen-bond acceptors (Lipinski definition) is 3. The van der Waals surface area contributed by atoms with Crippen molar-refractivity contribution < 1.29 is 4.74 Å². The van der Waals surface area contributed by atoms with Crippen molar-refractivity contribution in [3.8, 4) is 0 Å². The lowest BCUT2D eigenvalue weighted by Crippen LogP contribution is -2.51. The molecule has 1 aliphatic rings. The number of nitrogens with zero attached hydrogens (tertiary/aromatic N) is 2. The highest BCUT2D eigenvalue weighted by atomic mass is 16.5. The Bertz CT molecular complexity index is 821. The van der Waals surface area contributed by atoms with Crippen LogP contribution in [0.3, 0.4) is 0 Å². The van der Waals surface area contributed by atoms with Gasteiger partial charge < -0.3 is 15.4 Å². The van der Waals surface area contributed by atoms with Crippen molar-refractivity contribution in [3.63, 3.8) is 0 Å². The van der Waals surface area contributed by atoms with Crippen molar-refractivity contribution in [1.82, 2.24) is 15.5 Å². The van der Waals surface area contributed by atoms with E-state index in [1.165, 1.54) is 16.7 Å². The van der Waals surface area contributed by atoms with E-state index in [1.807, 2.05) is 7.05 Å². The number of hydrogen-bond donors (Lipinski definition) is 2. The molecule has 2 aromatic rings. The summed E-state index contributed by atoms with van der Waals surface area (Å²) in [6.45, 7) is 9.98. The average Bonchev–Trinajstić information content (AvgIpc) is 2.78. The molecule has 168 valence electrons. The van der Waals surface area contributed by atoms with Crippen molar-refractivity contribution in [1.29, 1.82) is 0 Å². The van der Waals surface area contributed by atoms with Crippen molar-refractivity contribution in [2.75, 3.05) is 13.6 Å². The fraction of sp³-hybridized carbons (Fsp3) is 0.500. The zero-order valence-corrected chi connectivity index (χ0v) is 19.5. The predicted molar refractivity (Wildman–Crippen MR) is 129 cm³/mol. The summed E-state index contributed by atoms with van der Waals surface area (Å²) in [5.41, 5.74) is 3.83. The minimum Gasteiger partial charge on any atom is -0.374 e. The third-order valence-corrected chi connectivity index (χ3v) is 5.84. The van der Waals surface area contributed by atoms with Crippen LogP contribution in [0.25, 0.3) is 0 Å². The molecule has 5 heteroatoms. The highest BCUT2D eigenvalue weighted by Crippen LogP contribution is 2.20. The van der Waals surface area contributed by atoms with E-state index in [4.69, 9.17) is 4.74 Å². The van der Waals surface area contributed by atoms with E-state index in [2.05, 4.69) is 95.9 Å². The Labute approximate surface area is 187 Å². The Kier molecular flexibility index (Phi) is 8.92. The maximum atomic E-state index is 5.73. The summed E-state index contributed by atoms with van der Waals surface area (Å²) >= 11 is 0. The molecule has 0 saturated carbocycles. The molecule has 2 unspecified atom stereocenters.